The molecular formula is C17H25N3O3. The number of carbonyl (C=O) groups is 1. The summed E-state index contributed by atoms with van der Waals surface area (Å²) in [6.45, 7) is 9.28. The first-order valence-electron chi connectivity index (χ1n) is 8.34. The number of hydrogen-bond donors (Lipinski definition) is 1. The van der Waals surface area contributed by atoms with E-state index in [2.05, 4.69) is 22.0 Å². The molecule has 0 saturated carbocycles. The molecule has 1 N–H and O–H groups in total. The standard InChI is InChI=1S/C17H25N3O3/c1-2-19-7-9-20(10-8-19)6-5-17(21)18-12-14-3-4-15-16(11-14)23-13-22-15/h3-4,11H,2,5-10,12-13H2,1H3,(H,18,21). The Morgan fingerprint density at radius 1 is 1.13 bits per heavy atom. The predicted octanol–water partition coefficient (Wildman–Crippen LogP) is 1.06. The Bertz CT molecular complexity index is 542. The van der Waals surface area contributed by atoms with Gasteiger partial charge in [-0.3, -0.25) is 4.79 Å². The summed E-state index contributed by atoms with van der Waals surface area (Å²) in [5.41, 5.74) is 1.03. The lowest BCUT2D eigenvalue weighted by molar-refractivity contribution is -0.121. The molecule has 1 fully saturated rings. The normalized spacial score (nSPS) is 18.1. The van der Waals surface area contributed by atoms with Crippen molar-refractivity contribution in [2.75, 3.05) is 46.1 Å². The molecule has 2 aliphatic heterocycles. The number of rotatable bonds is 6. The van der Waals surface area contributed by atoms with E-state index < -0.39 is 0 Å². The molecule has 0 unspecified atom stereocenters. The van der Waals surface area contributed by atoms with E-state index in [0.717, 1.165) is 56.3 Å². The van der Waals surface area contributed by atoms with Crippen LogP contribution in [-0.2, 0) is 11.3 Å². The molecule has 0 aromatic heterocycles. The Balaban J connectivity index is 1.37. The van der Waals surface area contributed by atoms with Crippen LogP contribution in [0.15, 0.2) is 18.2 Å². The van der Waals surface area contributed by atoms with E-state index >= 15 is 0 Å². The topological polar surface area (TPSA) is 54.0 Å². The van der Waals surface area contributed by atoms with Crippen LogP contribution in [-0.4, -0.2) is 61.8 Å². The van der Waals surface area contributed by atoms with Crippen LogP contribution in [0.2, 0.25) is 0 Å². The second kappa shape index (κ2) is 7.66. The molecule has 1 amide bonds. The number of ether oxygens (including phenoxy) is 2. The number of piperazine rings is 1. The van der Waals surface area contributed by atoms with Crippen LogP contribution in [0.5, 0.6) is 11.5 Å². The highest BCUT2D eigenvalue weighted by molar-refractivity contribution is 5.76. The number of benzene rings is 1. The summed E-state index contributed by atoms with van der Waals surface area (Å²) in [7, 11) is 0. The van der Waals surface area contributed by atoms with Gasteiger partial charge in [-0.2, -0.15) is 0 Å². The van der Waals surface area contributed by atoms with Gasteiger partial charge in [0.15, 0.2) is 11.5 Å². The summed E-state index contributed by atoms with van der Waals surface area (Å²) < 4.78 is 10.6. The number of hydrogen-bond acceptors (Lipinski definition) is 5. The molecule has 6 nitrogen and oxygen atoms in total. The number of carbonyl (C=O) groups excluding carboxylic acids is 1. The van der Waals surface area contributed by atoms with Gasteiger partial charge in [-0.05, 0) is 24.2 Å². The highest BCUT2D eigenvalue weighted by atomic mass is 16.7. The monoisotopic (exact) mass is 319 g/mol. The van der Waals surface area contributed by atoms with Crippen LogP contribution < -0.4 is 14.8 Å². The molecule has 2 aliphatic rings. The van der Waals surface area contributed by atoms with Gasteiger partial charge in [0.1, 0.15) is 0 Å². The summed E-state index contributed by atoms with van der Waals surface area (Å²) in [6.07, 6.45) is 0.552. The average Bonchev–Trinajstić information content (AvgIpc) is 3.06. The van der Waals surface area contributed by atoms with Crippen LogP contribution in [0.25, 0.3) is 0 Å². The zero-order valence-electron chi connectivity index (χ0n) is 13.7. The quantitative estimate of drug-likeness (QED) is 0.850. The summed E-state index contributed by atoms with van der Waals surface area (Å²) in [5.74, 6) is 1.62. The third kappa shape index (κ3) is 4.36. The van der Waals surface area contributed by atoms with Gasteiger partial charge in [-0.25, -0.2) is 0 Å². The van der Waals surface area contributed by atoms with Gasteiger partial charge < -0.3 is 24.6 Å². The van der Waals surface area contributed by atoms with Crippen molar-refractivity contribution in [2.45, 2.75) is 19.9 Å². The van der Waals surface area contributed by atoms with E-state index in [1.54, 1.807) is 0 Å². The second-order valence-electron chi connectivity index (χ2n) is 5.99. The zero-order chi connectivity index (χ0) is 16.1. The van der Waals surface area contributed by atoms with Crippen LogP contribution in [0.4, 0.5) is 0 Å². The molecule has 23 heavy (non-hydrogen) atoms. The van der Waals surface area contributed by atoms with Crippen molar-refractivity contribution >= 4 is 5.91 Å². The fourth-order valence-electron chi connectivity index (χ4n) is 2.93. The summed E-state index contributed by atoms with van der Waals surface area (Å²) in [4.78, 5) is 16.8. The number of nitrogens with one attached hydrogen (secondary N) is 1. The van der Waals surface area contributed by atoms with Crippen molar-refractivity contribution in [1.29, 1.82) is 0 Å². The summed E-state index contributed by atoms with van der Waals surface area (Å²) in [6, 6.07) is 5.77. The van der Waals surface area contributed by atoms with Crippen LogP contribution in [0.3, 0.4) is 0 Å². The SMILES string of the molecule is CCN1CCN(CCC(=O)NCc2ccc3c(c2)OCO3)CC1. The molecule has 1 aromatic carbocycles. The van der Waals surface area contributed by atoms with E-state index in [9.17, 15) is 4.79 Å². The maximum absolute atomic E-state index is 12.0. The number of nitrogens with zero attached hydrogens (tertiary/aromatic N) is 2. The largest absolute Gasteiger partial charge is 0.454 e. The van der Waals surface area contributed by atoms with E-state index in [-0.39, 0.29) is 12.7 Å². The molecule has 0 radical (unpaired) electrons. The Hall–Kier alpha value is -1.79. The Morgan fingerprint density at radius 3 is 2.65 bits per heavy atom. The van der Waals surface area contributed by atoms with Crippen molar-refractivity contribution in [3.05, 3.63) is 23.8 Å². The third-order valence-corrected chi connectivity index (χ3v) is 4.49. The second-order valence-corrected chi connectivity index (χ2v) is 5.99. The lowest BCUT2D eigenvalue weighted by Gasteiger charge is -2.33. The molecule has 0 bridgehead atoms. The van der Waals surface area contributed by atoms with Crippen molar-refractivity contribution in [2.24, 2.45) is 0 Å². The minimum atomic E-state index is 0.0978. The van der Waals surface area contributed by atoms with Crippen molar-refractivity contribution in [3.63, 3.8) is 0 Å². The van der Waals surface area contributed by atoms with Crippen LogP contribution >= 0.6 is 0 Å². The Morgan fingerprint density at radius 2 is 1.87 bits per heavy atom. The van der Waals surface area contributed by atoms with Crippen molar-refractivity contribution in [3.8, 4) is 11.5 Å². The fraction of sp³-hybridized carbons (Fsp3) is 0.588. The molecule has 1 saturated heterocycles. The van der Waals surface area contributed by atoms with E-state index in [4.69, 9.17) is 9.47 Å². The molecule has 126 valence electrons. The van der Waals surface area contributed by atoms with Crippen LogP contribution in [0, 0.1) is 0 Å². The first kappa shape index (κ1) is 16.1. The molecule has 6 heteroatoms. The highest BCUT2D eigenvalue weighted by Gasteiger charge is 2.16. The van der Waals surface area contributed by atoms with Crippen molar-refractivity contribution in [1.82, 2.24) is 15.1 Å². The molecule has 3 rings (SSSR count). The first-order chi connectivity index (χ1) is 11.2. The number of amides is 1. The van der Waals surface area contributed by atoms with Gasteiger partial charge in [-0.15, -0.1) is 0 Å². The molecule has 0 atom stereocenters. The van der Waals surface area contributed by atoms with Gasteiger partial charge in [0.05, 0.1) is 0 Å². The van der Waals surface area contributed by atoms with Crippen molar-refractivity contribution < 1.29 is 14.3 Å². The van der Waals surface area contributed by atoms with Gasteiger partial charge in [0.2, 0.25) is 12.7 Å². The minimum absolute atomic E-state index is 0.0978. The third-order valence-electron chi connectivity index (χ3n) is 4.49. The predicted molar refractivity (Wildman–Crippen MR) is 87.6 cm³/mol. The highest BCUT2D eigenvalue weighted by Crippen LogP contribution is 2.32. The summed E-state index contributed by atoms with van der Waals surface area (Å²) >= 11 is 0. The lowest BCUT2D eigenvalue weighted by Crippen LogP contribution is -2.46. The lowest BCUT2D eigenvalue weighted by atomic mass is 10.2. The molecule has 0 spiro atoms. The van der Waals surface area contributed by atoms with Crippen LogP contribution in [0.1, 0.15) is 18.9 Å². The molecular weight excluding hydrogens is 294 g/mol. The Labute approximate surface area is 137 Å². The zero-order valence-corrected chi connectivity index (χ0v) is 13.7. The molecule has 1 aromatic rings. The first-order valence-corrected chi connectivity index (χ1v) is 8.34. The summed E-state index contributed by atoms with van der Waals surface area (Å²) in [5, 5.41) is 2.98. The van der Waals surface area contributed by atoms with Gasteiger partial charge in [-0.1, -0.05) is 13.0 Å². The van der Waals surface area contributed by atoms with Gasteiger partial charge in [0.25, 0.3) is 0 Å². The number of fused-ring (bicyclic) bond motifs is 1. The molecule has 0 aliphatic carbocycles. The van der Waals surface area contributed by atoms with E-state index in [1.807, 2.05) is 18.2 Å². The maximum atomic E-state index is 12.0. The minimum Gasteiger partial charge on any atom is -0.454 e. The molecule has 2 heterocycles. The number of likely N-dealkylation sites (N-methyl/N-ethyl adjacent to an activating group) is 1. The van der Waals surface area contributed by atoms with Gasteiger partial charge in [0, 0.05) is 45.7 Å². The fourth-order valence-corrected chi connectivity index (χ4v) is 2.93. The smallest absolute Gasteiger partial charge is 0.231 e. The average molecular weight is 319 g/mol. The Kier molecular flexibility index (Phi) is 5.35. The maximum Gasteiger partial charge on any atom is 0.231 e. The van der Waals surface area contributed by atoms with Gasteiger partial charge >= 0.3 is 0 Å². The van der Waals surface area contributed by atoms with E-state index in [1.165, 1.54) is 0 Å². The van der Waals surface area contributed by atoms with E-state index in [0.29, 0.717) is 13.0 Å².